The Labute approximate surface area is 107 Å². The van der Waals surface area contributed by atoms with Gasteiger partial charge in [-0.3, -0.25) is 4.79 Å². The van der Waals surface area contributed by atoms with E-state index in [1.165, 1.54) is 0 Å². The number of carbonyl (C=O) groups excluding carboxylic acids is 1. The number of rotatable bonds is 4. The maximum absolute atomic E-state index is 12.4. The Kier molecular flexibility index (Phi) is 3.78. The van der Waals surface area contributed by atoms with E-state index in [0.29, 0.717) is 5.56 Å². The molecule has 0 bridgehead atoms. The number of aromatic hydroxyl groups is 1. The molecule has 0 aliphatic rings. The van der Waals surface area contributed by atoms with E-state index in [-0.39, 0.29) is 17.5 Å². The fourth-order valence-electron chi connectivity index (χ4n) is 2.08. The molecule has 1 atom stereocenters. The topological polar surface area (TPSA) is 37.3 Å². The summed E-state index contributed by atoms with van der Waals surface area (Å²) in [5.74, 6) is 0.166. The maximum Gasteiger partial charge on any atom is 0.170 e. The van der Waals surface area contributed by atoms with E-state index in [2.05, 4.69) is 0 Å². The molecule has 0 saturated heterocycles. The molecule has 0 aliphatic carbocycles. The van der Waals surface area contributed by atoms with Gasteiger partial charge in [-0.2, -0.15) is 0 Å². The summed E-state index contributed by atoms with van der Waals surface area (Å²) in [6, 6.07) is 16.2. The average Bonchev–Trinajstić information content (AvgIpc) is 2.41. The molecule has 1 N–H and O–H groups in total. The van der Waals surface area contributed by atoms with Crippen molar-refractivity contribution < 1.29 is 9.90 Å². The molecule has 0 fully saturated rings. The zero-order valence-corrected chi connectivity index (χ0v) is 10.3. The largest absolute Gasteiger partial charge is 0.508 e. The van der Waals surface area contributed by atoms with Crippen LogP contribution in [0, 0.1) is 0 Å². The second kappa shape index (κ2) is 5.50. The van der Waals surface area contributed by atoms with Gasteiger partial charge in [0.25, 0.3) is 0 Å². The lowest BCUT2D eigenvalue weighted by molar-refractivity contribution is 0.0957. The molecule has 2 aromatic carbocycles. The highest BCUT2D eigenvalue weighted by Gasteiger charge is 2.19. The van der Waals surface area contributed by atoms with Crippen molar-refractivity contribution in [2.45, 2.75) is 19.3 Å². The van der Waals surface area contributed by atoms with Crippen LogP contribution in [-0.2, 0) is 0 Å². The molecule has 2 heteroatoms. The Hall–Kier alpha value is -2.09. The minimum absolute atomic E-state index is 0.101. The molecule has 0 spiro atoms. The summed E-state index contributed by atoms with van der Waals surface area (Å²) >= 11 is 0. The maximum atomic E-state index is 12.4. The van der Waals surface area contributed by atoms with Crippen LogP contribution in [0.4, 0.5) is 0 Å². The van der Waals surface area contributed by atoms with Crippen molar-refractivity contribution in [3.63, 3.8) is 0 Å². The molecular formula is C16H16O2. The molecule has 2 nitrogen and oxygen atoms in total. The van der Waals surface area contributed by atoms with Crippen molar-refractivity contribution >= 4 is 5.78 Å². The van der Waals surface area contributed by atoms with Gasteiger partial charge < -0.3 is 5.11 Å². The van der Waals surface area contributed by atoms with E-state index in [4.69, 9.17) is 0 Å². The van der Waals surface area contributed by atoms with Crippen LogP contribution in [-0.4, -0.2) is 10.9 Å². The second-order valence-electron chi connectivity index (χ2n) is 4.28. The van der Waals surface area contributed by atoms with E-state index in [0.717, 1.165) is 12.0 Å². The van der Waals surface area contributed by atoms with Gasteiger partial charge in [-0.1, -0.05) is 37.3 Å². The Morgan fingerprint density at radius 1 is 1.06 bits per heavy atom. The third kappa shape index (κ3) is 2.59. The van der Waals surface area contributed by atoms with Crippen molar-refractivity contribution in [2.75, 3.05) is 0 Å². The van der Waals surface area contributed by atoms with Crippen LogP contribution in [0.3, 0.4) is 0 Å². The highest BCUT2D eigenvalue weighted by molar-refractivity contribution is 6.01. The van der Waals surface area contributed by atoms with Crippen LogP contribution in [0.1, 0.15) is 35.2 Å². The number of phenolic OH excluding ortho intramolecular Hbond substituents is 1. The number of benzene rings is 2. The van der Waals surface area contributed by atoms with E-state index >= 15 is 0 Å². The molecule has 2 aromatic rings. The first-order valence-corrected chi connectivity index (χ1v) is 6.10. The molecule has 0 heterocycles. The summed E-state index contributed by atoms with van der Waals surface area (Å²) in [4.78, 5) is 12.4. The van der Waals surface area contributed by atoms with Gasteiger partial charge in [-0.15, -0.1) is 0 Å². The van der Waals surface area contributed by atoms with Crippen LogP contribution in [0.15, 0.2) is 54.6 Å². The zero-order chi connectivity index (χ0) is 13.0. The van der Waals surface area contributed by atoms with Crippen molar-refractivity contribution in [3.05, 3.63) is 65.7 Å². The standard InChI is InChI=1S/C16H16O2/c1-2-15(12-6-4-3-5-7-12)16(18)13-8-10-14(17)11-9-13/h3-11,15,17H,2H2,1H3/t15-/m0/s1. The highest BCUT2D eigenvalue weighted by Crippen LogP contribution is 2.24. The monoisotopic (exact) mass is 240 g/mol. The third-order valence-electron chi connectivity index (χ3n) is 3.08. The minimum Gasteiger partial charge on any atom is -0.508 e. The van der Waals surface area contributed by atoms with Crippen LogP contribution in [0.5, 0.6) is 5.75 Å². The number of carbonyl (C=O) groups is 1. The van der Waals surface area contributed by atoms with Crippen LogP contribution < -0.4 is 0 Å². The van der Waals surface area contributed by atoms with Crippen molar-refractivity contribution in [3.8, 4) is 5.75 Å². The first-order chi connectivity index (χ1) is 8.72. The number of Topliss-reactive ketones (excluding diaryl/α,β-unsaturated/α-hetero) is 1. The zero-order valence-electron chi connectivity index (χ0n) is 10.3. The SMILES string of the molecule is CC[C@H](C(=O)c1ccc(O)cc1)c1ccccc1. The van der Waals surface area contributed by atoms with Crippen molar-refractivity contribution in [1.29, 1.82) is 0 Å². The third-order valence-corrected chi connectivity index (χ3v) is 3.08. The summed E-state index contributed by atoms with van der Waals surface area (Å²) in [7, 11) is 0. The van der Waals surface area contributed by atoms with Gasteiger partial charge >= 0.3 is 0 Å². The highest BCUT2D eigenvalue weighted by atomic mass is 16.3. The van der Waals surface area contributed by atoms with Gasteiger partial charge in [0.1, 0.15) is 5.75 Å². The molecular weight excluding hydrogens is 224 g/mol. The van der Waals surface area contributed by atoms with Crippen molar-refractivity contribution in [2.24, 2.45) is 0 Å². The molecule has 0 radical (unpaired) electrons. The quantitative estimate of drug-likeness (QED) is 0.826. The molecule has 18 heavy (non-hydrogen) atoms. The Morgan fingerprint density at radius 2 is 1.67 bits per heavy atom. The van der Waals surface area contributed by atoms with Gasteiger partial charge in [0.05, 0.1) is 0 Å². The number of hydrogen-bond acceptors (Lipinski definition) is 2. The van der Waals surface area contributed by atoms with Crippen LogP contribution in [0.25, 0.3) is 0 Å². The molecule has 0 amide bonds. The molecule has 2 rings (SSSR count). The summed E-state index contributed by atoms with van der Waals surface area (Å²) in [5.41, 5.74) is 1.68. The van der Waals surface area contributed by atoms with Crippen LogP contribution >= 0.6 is 0 Å². The molecule has 0 aromatic heterocycles. The summed E-state index contributed by atoms with van der Waals surface area (Å²) in [6.07, 6.45) is 0.768. The van der Waals surface area contributed by atoms with E-state index in [1.54, 1.807) is 24.3 Å². The summed E-state index contributed by atoms with van der Waals surface area (Å²) < 4.78 is 0. The average molecular weight is 240 g/mol. The number of phenols is 1. The molecule has 92 valence electrons. The van der Waals surface area contributed by atoms with Gasteiger partial charge in [0.15, 0.2) is 5.78 Å². The van der Waals surface area contributed by atoms with E-state index < -0.39 is 0 Å². The lowest BCUT2D eigenvalue weighted by Crippen LogP contribution is -2.12. The Balaban J connectivity index is 2.28. The predicted molar refractivity (Wildman–Crippen MR) is 71.9 cm³/mol. The van der Waals surface area contributed by atoms with Gasteiger partial charge in [-0.25, -0.2) is 0 Å². The minimum atomic E-state index is -0.115. The van der Waals surface area contributed by atoms with Crippen molar-refractivity contribution in [1.82, 2.24) is 0 Å². The Bertz CT molecular complexity index is 515. The predicted octanol–water partition coefficient (Wildman–Crippen LogP) is 3.77. The normalized spacial score (nSPS) is 12.1. The van der Waals surface area contributed by atoms with Gasteiger partial charge in [-0.05, 0) is 36.2 Å². The second-order valence-corrected chi connectivity index (χ2v) is 4.28. The van der Waals surface area contributed by atoms with E-state index in [9.17, 15) is 9.90 Å². The molecule has 0 aliphatic heterocycles. The first-order valence-electron chi connectivity index (χ1n) is 6.10. The fourth-order valence-corrected chi connectivity index (χ4v) is 2.08. The van der Waals surface area contributed by atoms with Crippen LogP contribution in [0.2, 0.25) is 0 Å². The summed E-state index contributed by atoms with van der Waals surface area (Å²) in [5, 5.41) is 9.24. The smallest absolute Gasteiger partial charge is 0.170 e. The Morgan fingerprint density at radius 3 is 2.22 bits per heavy atom. The molecule has 0 unspecified atom stereocenters. The number of ketones is 1. The van der Waals surface area contributed by atoms with E-state index in [1.807, 2.05) is 37.3 Å². The fraction of sp³-hybridized carbons (Fsp3) is 0.188. The molecule has 0 saturated carbocycles. The summed E-state index contributed by atoms with van der Waals surface area (Å²) in [6.45, 7) is 2.01. The lowest BCUT2D eigenvalue weighted by atomic mass is 9.89. The first kappa shape index (κ1) is 12.4. The lowest BCUT2D eigenvalue weighted by Gasteiger charge is -2.14. The number of hydrogen-bond donors (Lipinski definition) is 1. The van der Waals surface area contributed by atoms with Gasteiger partial charge in [0.2, 0.25) is 0 Å². The van der Waals surface area contributed by atoms with Gasteiger partial charge in [0, 0.05) is 11.5 Å².